The highest BCUT2D eigenvalue weighted by atomic mass is 19.1. The molecule has 0 radical (unpaired) electrons. The third kappa shape index (κ3) is 3.51. The fourth-order valence-electron chi connectivity index (χ4n) is 1.94. The number of esters is 1. The molecule has 2 N–H and O–H groups in total. The quantitative estimate of drug-likeness (QED) is 0.694. The molecule has 0 aliphatic heterocycles. The molecule has 21 heavy (non-hydrogen) atoms. The largest absolute Gasteiger partial charge is 0.496 e. The van der Waals surface area contributed by atoms with Gasteiger partial charge in [-0.15, -0.1) is 0 Å². The molecule has 2 aromatic carbocycles. The lowest BCUT2D eigenvalue weighted by atomic mass is 10.1. The van der Waals surface area contributed by atoms with Crippen molar-refractivity contribution in [1.29, 1.82) is 0 Å². The summed E-state index contributed by atoms with van der Waals surface area (Å²) in [5.74, 6) is -0.810. The topological polar surface area (TPSA) is 61.5 Å². The Morgan fingerprint density at radius 1 is 1.24 bits per heavy atom. The van der Waals surface area contributed by atoms with E-state index >= 15 is 0 Å². The number of aryl methyl sites for hydroxylation is 1. The minimum Gasteiger partial charge on any atom is -0.496 e. The molecule has 0 bridgehead atoms. The molecule has 0 saturated heterocycles. The second-order valence-electron chi connectivity index (χ2n) is 4.63. The summed E-state index contributed by atoms with van der Waals surface area (Å²) < 4.78 is 23.9. The molecule has 0 aliphatic rings. The van der Waals surface area contributed by atoms with E-state index in [0.717, 1.165) is 17.2 Å². The average molecular weight is 289 g/mol. The van der Waals surface area contributed by atoms with Crippen molar-refractivity contribution in [3.63, 3.8) is 0 Å². The van der Waals surface area contributed by atoms with E-state index in [9.17, 15) is 9.18 Å². The molecule has 4 nitrogen and oxygen atoms in total. The van der Waals surface area contributed by atoms with Crippen molar-refractivity contribution in [3.05, 3.63) is 58.9 Å². The number of ether oxygens (including phenoxy) is 2. The SMILES string of the molecule is COc1ccc(C)cc1COC(=O)c1cc(N)ccc1F. The Morgan fingerprint density at radius 2 is 2.00 bits per heavy atom. The minimum atomic E-state index is -0.761. The van der Waals surface area contributed by atoms with E-state index in [2.05, 4.69) is 0 Å². The molecule has 0 spiro atoms. The van der Waals surface area contributed by atoms with Crippen LogP contribution >= 0.6 is 0 Å². The summed E-state index contributed by atoms with van der Waals surface area (Å²) in [7, 11) is 1.54. The number of nitrogen functional groups attached to an aromatic ring is 1. The average Bonchev–Trinajstić information content (AvgIpc) is 2.47. The molecule has 0 heterocycles. The van der Waals surface area contributed by atoms with Gasteiger partial charge < -0.3 is 15.2 Å². The number of benzene rings is 2. The Hall–Kier alpha value is -2.56. The van der Waals surface area contributed by atoms with Gasteiger partial charge in [0.1, 0.15) is 18.2 Å². The van der Waals surface area contributed by atoms with Crippen molar-refractivity contribution in [1.82, 2.24) is 0 Å². The van der Waals surface area contributed by atoms with E-state index in [-0.39, 0.29) is 12.2 Å². The summed E-state index contributed by atoms with van der Waals surface area (Å²) in [5, 5.41) is 0. The molecular weight excluding hydrogens is 273 g/mol. The van der Waals surface area contributed by atoms with Crippen LogP contribution in [-0.4, -0.2) is 13.1 Å². The van der Waals surface area contributed by atoms with Gasteiger partial charge in [-0.05, 0) is 37.3 Å². The van der Waals surface area contributed by atoms with Gasteiger partial charge >= 0.3 is 5.97 Å². The molecule has 0 atom stereocenters. The first-order valence-electron chi connectivity index (χ1n) is 6.37. The van der Waals surface area contributed by atoms with Gasteiger partial charge in [-0.1, -0.05) is 11.6 Å². The zero-order valence-corrected chi connectivity index (χ0v) is 11.9. The van der Waals surface area contributed by atoms with Crippen LogP contribution in [0.1, 0.15) is 21.5 Å². The molecule has 0 aromatic heterocycles. The Kier molecular flexibility index (Phi) is 4.42. The van der Waals surface area contributed by atoms with Crippen LogP contribution in [0.2, 0.25) is 0 Å². The van der Waals surface area contributed by atoms with Gasteiger partial charge in [0.25, 0.3) is 0 Å². The summed E-state index contributed by atoms with van der Waals surface area (Å²) in [4.78, 5) is 11.9. The van der Waals surface area contributed by atoms with E-state index in [4.69, 9.17) is 15.2 Å². The standard InChI is InChI=1S/C16H16FNO3/c1-10-3-6-15(20-2)11(7-10)9-21-16(19)13-8-12(18)4-5-14(13)17/h3-8H,9,18H2,1-2H3. The highest BCUT2D eigenvalue weighted by Gasteiger charge is 2.14. The summed E-state index contributed by atoms with van der Waals surface area (Å²) in [6.45, 7) is 1.92. The van der Waals surface area contributed by atoms with Crippen LogP contribution in [-0.2, 0) is 11.3 Å². The summed E-state index contributed by atoms with van der Waals surface area (Å²) in [5.41, 5.74) is 7.40. The first-order valence-corrected chi connectivity index (χ1v) is 6.37. The zero-order chi connectivity index (χ0) is 15.4. The normalized spacial score (nSPS) is 10.2. The van der Waals surface area contributed by atoms with Gasteiger partial charge in [0.05, 0.1) is 12.7 Å². The lowest BCUT2D eigenvalue weighted by Gasteiger charge is -2.10. The molecule has 110 valence electrons. The van der Waals surface area contributed by atoms with E-state index in [0.29, 0.717) is 11.4 Å². The Balaban J connectivity index is 2.14. The van der Waals surface area contributed by atoms with Crippen LogP contribution in [0.25, 0.3) is 0 Å². The van der Waals surface area contributed by atoms with Crippen LogP contribution in [0.4, 0.5) is 10.1 Å². The van der Waals surface area contributed by atoms with E-state index in [1.54, 1.807) is 6.07 Å². The van der Waals surface area contributed by atoms with E-state index in [1.807, 2.05) is 19.1 Å². The maximum atomic E-state index is 13.6. The molecule has 5 heteroatoms. The molecule has 0 fully saturated rings. The van der Waals surface area contributed by atoms with Crippen LogP contribution in [0.3, 0.4) is 0 Å². The molecule has 0 aliphatic carbocycles. The van der Waals surface area contributed by atoms with Gasteiger partial charge in [-0.2, -0.15) is 0 Å². The van der Waals surface area contributed by atoms with Crippen LogP contribution < -0.4 is 10.5 Å². The lowest BCUT2D eigenvalue weighted by Crippen LogP contribution is -2.09. The molecule has 2 rings (SSSR count). The number of hydrogen-bond acceptors (Lipinski definition) is 4. The number of carbonyl (C=O) groups excluding carboxylic acids is 1. The third-order valence-electron chi connectivity index (χ3n) is 3.01. The first-order chi connectivity index (χ1) is 10.0. The zero-order valence-electron chi connectivity index (χ0n) is 11.9. The van der Waals surface area contributed by atoms with Crippen LogP contribution in [0.15, 0.2) is 36.4 Å². The molecular formula is C16H16FNO3. The number of hydrogen-bond donors (Lipinski definition) is 1. The molecule has 2 aromatic rings. The van der Waals surface area contributed by atoms with Crippen molar-refractivity contribution < 1.29 is 18.7 Å². The predicted octanol–water partition coefficient (Wildman–Crippen LogP) is 3.08. The fourth-order valence-corrected chi connectivity index (χ4v) is 1.94. The lowest BCUT2D eigenvalue weighted by molar-refractivity contribution is 0.0465. The van der Waals surface area contributed by atoms with Gasteiger partial charge in [0, 0.05) is 11.3 Å². The van der Waals surface area contributed by atoms with Crippen molar-refractivity contribution in [3.8, 4) is 5.75 Å². The summed E-state index contributed by atoms with van der Waals surface area (Å²) in [6.07, 6.45) is 0. The van der Waals surface area contributed by atoms with Crippen molar-refractivity contribution in [2.75, 3.05) is 12.8 Å². The smallest absolute Gasteiger partial charge is 0.341 e. The highest BCUT2D eigenvalue weighted by molar-refractivity contribution is 5.90. The van der Waals surface area contributed by atoms with Gasteiger partial charge in [0.15, 0.2) is 0 Å². The van der Waals surface area contributed by atoms with E-state index < -0.39 is 11.8 Å². The number of rotatable bonds is 4. The summed E-state index contributed by atoms with van der Waals surface area (Å²) in [6, 6.07) is 9.31. The number of methoxy groups -OCH3 is 1. The van der Waals surface area contributed by atoms with E-state index in [1.165, 1.54) is 19.2 Å². The highest BCUT2D eigenvalue weighted by Crippen LogP contribution is 2.21. The molecule has 0 saturated carbocycles. The number of carbonyl (C=O) groups is 1. The van der Waals surface area contributed by atoms with Gasteiger partial charge in [-0.3, -0.25) is 0 Å². The number of halogens is 1. The van der Waals surface area contributed by atoms with Crippen molar-refractivity contribution in [2.24, 2.45) is 0 Å². The Bertz CT molecular complexity index is 671. The third-order valence-corrected chi connectivity index (χ3v) is 3.01. The number of anilines is 1. The van der Waals surface area contributed by atoms with Crippen molar-refractivity contribution >= 4 is 11.7 Å². The maximum absolute atomic E-state index is 13.6. The monoisotopic (exact) mass is 289 g/mol. The second kappa shape index (κ2) is 6.26. The molecule has 0 unspecified atom stereocenters. The minimum absolute atomic E-state index is 0.00206. The first kappa shape index (κ1) is 14.8. The second-order valence-corrected chi connectivity index (χ2v) is 4.63. The number of nitrogens with two attached hydrogens (primary N) is 1. The summed E-state index contributed by atoms with van der Waals surface area (Å²) >= 11 is 0. The predicted molar refractivity (Wildman–Crippen MR) is 77.7 cm³/mol. The Morgan fingerprint density at radius 3 is 2.71 bits per heavy atom. The molecule has 0 amide bonds. The Labute approximate surface area is 122 Å². The fraction of sp³-hybridized carbons (Fsp3) is 0.188. The van der Waals surface area contributed by atoms with Gasteiger partial charge in [0.2, 0.25) is 0 Å². The van der Waals surface area contributed by atoms with Crippen LogP contribution in [0, 0.1) is 12.7 Å². The van der Waals surface area contributed by atoms with Gasteiger partial charge in [-0.25, -0.2) is 9.18 Å². The van der Waals surface area contributed by atoms with Crippen LogP contribution in [0.5, 0.6) is 5.75 Å². The van der Waals surface area contributed by atoms with Crippen molar-refractivity contribution in [2.45, 2.75) is 13.5 Å². The maximum Gasteiger partial charge on any atom is 0.341 e.